The maximum atomic E-state index is 4.40. The maximum absolute atomic E-state index is 4.40. The third-order valence-electron chi connectivity index (χ3n) is 4.91. The number of aryl methyl sites for hydroxylation is 1. The summed E-state index contributed by atoms with van der Waals surface area (Å²) >= 11 is 0. The summed E-state index contributed by atoms with van der Waals surface area (Å²) in [5, 5.41) is 8.20. The molecular weight excluding hydrogens is 260 g/mol. The van der Waals surface area contributed by atoms with E-state index in [1.54, 1.807) is 0 Å². The van der Waals surface area contributed by atoms with E-state index in [4.69, 9.17) is 0 Å². The number of aromatic nitrogens is 2. The molecule has 1 rings (SSSR count). The standard InChI is InChI=1S/C17H34N4/c1-7-13-18-16(15-12-14-19-20(15)6)17(8-2,9-3)21(10-4)11-5/h12,14,16,18H,7-11,13H2,1-6H3. The highest BCUT2D eigenvalue weighted by Crippen LogP contribution is 2.37. The minimum Gasteiger partial charge on any atom is -0.307 e. The van der Waals surface area contributed by atoms with E-state index < -0.39 is 0 Å². The third kappa shape index (κ3) is 3.67. The molecule has 1 N–H and O–H groups in total. The molecule has 1 aromatic heterocycles. The Labute approximate surface area is 130 Å². The van der Waals surface area contributed by atoms with Crippen LogP contribution in [0, 0.1) is 0 Å². The highest BCUT2D eigenvalue weighted by Gasteiger charge is 2.41. The van der Waals surface area contributed by atoms with Crippen LogP contribution in [-0.4, -0.2) is 39.9 Å². The second kappa shape index (κ2) is 8.54. The summed E-state index contributed by atoms with van der Waals surface area (Å²) in [5.41, 5.74) is 1.44. The van der Waals surface area contributed by atoms with Crippen molar-refractivity contribution in [2.45, 2.75) is 65.5 Å². The van der Waals surface area contributed by atoms with Crippen molar-refractivity contribution < 1.29 is 0 Å². The van der Waals surface area contributed by atoms with Crippen LogP contribution in [0.4, 0.5) is 0 Å². The van der Waals surface area contributed by atoms with Crippen LogP contribution < -0.4 is 5.32 Å². The smallest absolute Gasteiger partial charge is 0.0678 e. The zero-order chi connectivity index (χ0) is 15.9. The molecule has 0 aliphatic rings. The quantitative estimate of drug-likeness (QED) is 0.718. The lowest BCUT2D eigenvalue weighted by Gasteiger charge is -2.48. The Morgan fingerprint density at radius 3 is 2.19 bits per heavy atom. The van der Waals surface area contributed by atoms with Crippen LogP contribution in [0.3, 0.4) is 0 Å². The summed E-state index contributed by atoms with van der Waals surface area (Å²) in [5.74, 6) is 0. The molecule has 0 fully saturated rings. The van der Waals surface area contributed by atoms with Gasteiger partial charge in [0, 0.05) is 18.8 Å². The van der Waals surface area contributed by atoms with Crippen LogP contribution in [-0.2, 0) is 7.05 Å². The first-order valence-electron chi connectivity index (χ1n) is 8.57. The van der Waals surface area contributed by atoms with Gasteiger partial charge in [0.2, 0.25) is 0 Å². The molecule has 122 valence electrons. The first-order chi connectivity index (χ1) is 10.1. The number of rotatable bonds is 10. The summed E-state index contributed by atoms with van der Waals surface area (Å²) < 4.78 is 2.02. The molecule has 0 saturated heterocycles. The Morgan fingerprint density at radius 1 is 1.19 bits per heavy atom. The van der Waals surface area contributed by atoms with Gasteiger partial charge >= 0.3 is 0 Å². The molecule has 1 unspecified atom stereocenters. The monoisotopic (exact) mass is 294 g/mol. The summed E-state index contributed by atoms with van der Waals surface area (Å²) in [7, 11) is 2.05. The fourth-order valence-corrected chi connectivity index (χ4v) is 3.67. The molecule has 21 heavy (non-hydrogen) atoms. The average Bonchev–Trinajstić information content (AvgIpc) is 2.92. The molecule has 0 amide bonds. The molecule has 1 heterocycles. The van der Waals surface area contributed by atoms with Gasteiger partial charge in [-0.3, -0.25) is 9.58 Å². The summed E-state index contributed by atoms with van der Waals surface area (Å²) in [6.45, 7) is 14.6. The van der Waals surface area contributed by atoms with Crippen LogP contribution in [0.2, 0.25) is 0 Å². The fourth-order valence-electron chi connectivity index (χ4n) is 3.67. The van der Waals surface area contributed by atoms with Crippen molar-refractivity contribution in [1.29, 1.82) is 0 Å². The zero-order valence-corrected chi connectivity index (χ0v) is 14.8. The van der Waals surface area contributed by atoms with Gasteiger partial charge in [0.1, 0.15) is 0 Å². The van der Waals surface area contributed by atoms with Gasteiger partial charge in [0.25, 0.3) is 0 Å². The Balaban J connectivity index is 3.26. The number of likely N-dealkylation sites (N-methyl/N-ethyl adjacent to an activating group) is 1. The lowest BCUT2D eigenvalue weighted by atomic mass is 9.80. The minimum atomic E-state index is 0.145. The van der Waals surface area contributed by atoms with Crippen LogP contribution in [0.5, 0.6) is 0 Å². The summed E-state index contributed by atoms with van der Waals surface area (Å²) in [6, 6.07) is 2.48. The lowest BCUT2D eigenvalue weighted by Crippen LogP contribution is -2.56. The van der Waals surface area contributed by atoms with Gasteiger partial charge in [0.15, 0.2) is 0 Å². The van der Waals surface area contributed by atoms with Crippen LogP contribution >= 0.6 is 0 Å². The second-order valence-electron chi connectivity index (χ2n) is 5.75. The number of nitrogens with one attached hydrogen (secondary N) is 1. The average molecular weight is 294 g/mol. The molecule has 0 saturated carbocycles. The maximum Gasteiger partial charge on any atom is 0.0678 e. The zero-order valence-electron chi connectivity index (χ0n) is 14.8. The van der Waals surface area contributed by atoms with Crippen molar-refractivity contribution in [2.24, 2.45) is 7.05 Å². The highest BCUT2D eigenvalue weighted by atomic mass is 15.3. The van der Waals surface area contributed by atoms with E-state index in [2.05, 4.69) is 56.0 Å². The van der Waals surface area contributed by atoms with Crippen molar-refractivity contribution >= 4 is 0 Å². The normalized spacial score (nSPS) is 13.9. The van der Waals surface area contributed by atoms with Crippen molar-refractivity contribution in [2.75, 3.05) is 19.6 Å². The first-order valence-corrected chi connectivity index (χ1v) is 8.57. The predicted octanol–water partition coefficient (Wildman–Crippen LogP) is 3.36. The Kier molecular flexibility index (Phi) is 7.40. The van der Waals surface area contributed by atoms with E-state index >= 15 is 0 Å². The van der Waals surface area contributed by atoms with Gasteiger partial charge < -0.3 is 5.32 Å². The molecule has 0 aromatic carbocycles. The van der Waals surface area contributed by atoms with Crippen LogP contribution in [0.25, 0.3) is 0 Å². The molecule has 1 atom stereocenters. The van der Waals surface area contributed by atoms with E-state index in [0.717, 1.165) is 38.9 Å². The number of hydrogen-bond acceptors (Lipinski definition) is 3. The van der Waals surface area contributed by atoms with Gasteiger partial charge in [-0.05, 0) is 45.0 Å². The van der Waals surface area contributed by atoms with Crippen molar-refractivity contribution in [1.82, 2.24) is 20.0 Å². The number of nitrogens with zero attached hydrogens (tertiary/aromatic N) is 3. The molecule has 4 heteroatoms. The molecule has 1 aromatic rings. The molecular formula is C17H34N4. The third-order valence-corrected chi connectivity index (χ3v) is 4.91. The lowest BCUT2D eigenvalue weighted by molar-refractivity contribution is 0.0459. The topological polar surface area (TPSA) is 33.1 Å². The van der Waals surface area contributed by atoms with E-state index in [1.807, 2.05) is 17.9 Å². The molecule has 0 aliphatic heterocycles. The molecule has 4 nitrogen and oxygen atoms in total. The summed E-state index contributed by atoms with van der Waals surface area (Å²) in [6.07, 6.45) is 5.33. The minimum absolute atomic E-state index is 0.145. The van der Waals surface area contributed by atoms with Crippen molar-refractivity contribution in [3.63, 3.8) is 0 Å². The van der Waals surface area contributed by atoms with Gasteiger partial charge in [-0.2, -0.15) is 5.10 Å². The molecule has 0 radical (unpaired) electrons. The summed E-state index contributed by atoms with van der Waals surface area (Å²) in [4.78, 5) is 2.62. The first kappa shape index (κ1) is 18.2. The molecule has 0 spiro atoms. The second-order valence-corrected chi connectivity index (χ2v) is 5.75. The van der Waals surface area contributed by atoms with E-state index in [-0.39, 0.29) is 5.54 Å². The molecule has 0 aliphatic carbocycles. The van der Waals surface area contributed by atoms with Gasteiger partial charge in [-0.1, -0.05) is 34.6 Å². The fraction of sp³-hybridized carbons (Fsp3) is 0.824. The van der Waals surface area contributed by atoms with Gasteiger partial charge in [0.05, 0.1) is 11.7 Å². The predicted molar refractivity (Wildman–Crippen MR) is 90.5 cm³/mol. The Hall–Kier alpha value is -0.870. The van der Waals surface area contributed by atoms with E-state index in [1.165, 1.54) is 5.69 Å². The van der Waals surface area contributed by atoms with Crippen molar-refractivity contribution in [3.8, 4) is 0 Å². The van der Waals surface area contributed by atoms with Gasteiger partial charge in [-0.15, -0.1) is 0 Å². The van der Waals surface area contributed by atoms with Crippen molar-refractivity contribution in [3.05, 3.63) is 18.0 Å². The van der Waals surface area contributed by atoms with E-state index in [9.17, 15) is 0 Å². The van der Waals surface area contributed by atoms with Crippen LogP contribution in [0.1, 0.15) is 65.6 Å². The highest BCUT2D eigenvalue weighted by molar-refractivity contribution is 5.15. The Morgan fingerprint density at radius 2 is 1.81 bits per heavy atom. The van der Waals surface area contributed by atoms with Crippen LogP contribution in [0.15, 0.2) is 12.3 Å². The molecule has 0 bridgehead atoms. The van der Waals surface area contributed by atoms with E-state index in [0.29, 0.717) is 6.04 Å². The van der Waals surface area contributed by atoms with Gasteiger partial charge in [-0.25, -0.2) is 0 Å². The SMILES string of the molecule is CCCNC(c1ccnn1C)C(CC)(CC)N(CC)CC. The number of hydrogen-bond donors (Lipinski definition) is 1. The Bertz CT molecular complexity index is 391. The largest absolute Gasteiger partial charge is 0.307 e.